The molecule has 0 bridgehead atoms. The maximum Gasteiger partial charge on any atom is 0.118 e. The van der Waals surface area contributed by atoms with Crippen molar-refractivity contribution in [3.63, 3.8) is 0 Å². The van der Waals surface area contributed by atoms with Gasteiger partial charge in [-0.2, -0.15) is 0 Å². The van der Waals surface area contributed by atoms with Gasteiger partial charge in [-0.25, -0.2) is 0 Å². The highest BCUT2D eigenvalue weighted by Crippen LogP contribution is 2.16. The van der Waals surface area contributed by atoms with Crippen LogP contribution in [0.5, 0.6) is 0 Å². The van der Waals surface area contributed by atoms with E-state index in [-0.39, 0.29) is 0 Å². The molecule has 0 aliphatic heterocycles. The normalized spacial score (nSPS) is 11.2. The van der Waals surface area contributed by atoms with Crippen LogP contribution in [0.4, 0.5) is 0 Å². The van der Waals surface area contributed by atoms with Crippen molar-refractivity contribution in [3.05, 3.63) is 53.2 Å². The zero-order valence-corrected chi connectivity index (χ0v) is 13.2. The van der Waals surface area contributed by atoms with Gasteiger partial charge in [-0.1, -0.05) is 6.92 Å². The van der Waals surface area contributed by atoms with Crippen LogP contribution in [-0.4, -0.2) is 30.0 Å². The molecule has 0 atom stereocenters. The van der Waals surface area contributed by atoms with E-state index in [1.54, 1.807) is 0 Å². The molecule has 2 aromatic rings. The standard InChI is InChI=1S/C17H25N3O/c1-4-18-12-16-11-17(21-14(16)2)13-20(3)10-7-15-5-8-19-9-6-15/h5-6,8-9,11,18H,4,7,10,12-13H2,1-3H3. The summed E-state index contributed by atoms with van der Waals surface area (Å²) in [6.07, 6.45) is 4.72. The summed E-state index contributed by atoms with van der Waals surface area (Å²) in [5.41, 5.74) is 2.58. The minimum atomic E-state index is 0.845. The molecule has 0 saturated carbocycles. The summed E-state index contributed by atoms with van der Waals surface area (Å²) >= 11 is 0. The third-order valence-corrected chi connectivity index (χ3v) is 3.59. The minimum Gasteiger partial charge on any atom is -0.465 e. The van der Waals surface area contributed by atoms with E-state index in [0.717, 1.165) is 44.1 Å². The van der Waals surface area contributed by atoms with Crippen LogP contribution >= 0.6 is 0 Å². The average molecular weight is 287 g/mol. The molecule has 2 aromatic heterocycles. The first-order valence-electron chi connectivity index (χ1n) is 7.55. The van der Waals surface area contributed by atoms with E-state index in [1.807, 2.05) is 19.3 Å². The first-order chi connectivity index (χ1) is 10.2. The predicted molar refractivity (Wildman–Crippen MR) is 85.1 cm³/mol. The van der Waals surface area contributed by atoms with E-state index in [9.17, 15) is 0 Å². The lowest BCUT2D eigenvalue weighted by Crippen LogP contribution is -2.20. The molecule has 4 heteroatoms. The quantitative estimate of drug-likeness (QED) is 0.810. The molecule has 0 fully saturated rings. The first kappa shape index (κ1) is 15.7. The number of aromatic nitrogens is 1. The lowest BCUT2D eigenvalue weighted by atomic mass is 10.2. The van der Waals surface area contributed by atoms with E-state index >= 15 is 0 Å². The van der Waals surface area contributed by atoms with Crippen LogP contribution in [0.1, 0.15) is 29.6 Å². The predicted octanol–water partition coefficient (Wildman–Crippen LogP) is 2.77. The maximum atomic E-state index is 5.84. The Bertz CT molecular complexity index is 536. The lowest BCUT2D eigenvalue weighted by Gasteiger charge is -2.14. The molecule has 0 aliphatic rings. The highest BCUT2D eigenvalue weighted by molar-refractivity contribution is 5.20. The van der Waals surface area contributed by atoms with Crippen LogP contribution in [0, 0.1) is 6.92 Å². The molecule has 2 heterocycles. The number of hydrogen-bond donors (Lipinski definition) is 1. The van der Waals surface area contributed by atoms with Gasteiger partial charge in [-0.3, -0.25) is 9.88 Å². The number of nitrogens with zero attached hydrogens (tertiary/aromatic N) is 2. The van der Waals surface area contributed by atoms with Crippen LogP contribution < -0.4 is 5.32 Å². The van der Waals surface area contributed by atoms with E-state index < -0.39 is 0 Å². The van der Waals surface area contributed by atoms with E-state index in [0.29, 0.717) is 0 Å². The summed E-state index contributed by atoms with van der Waals surface area (Å²) in [7, 11) is 2.13. The lowest BCUT2D eigenvalue weighted by molar-refractivity contribution is 0.295. The number of likely N-dealkylation sites (N-methyl/N-ethyl adjacent to an activating group) is 1. The SMILES string of the molecule is CCNCc1cc(CN(C)CCc2ccncc2)oc1C. The van der Waals surface area contributed by atoms with Gasteiger partial charge in [0, 0.05) is 31.0 Å². The monoisotopic (exact) mass is 287 g/mol. The van der Waals surface area contributed by atoms with Crippen LogP contribution in [0.25, 0.3) is 0 Å². The fraction of sp³-hybridized carbons (Fsp3) is 0.471. The van der Waals surface area contributed by atoms with Gasteiger partial charge in [0.05, 0.1) is 6.54 Å². The van der Waals surface area contributed by atoms with Crippen molar-refractivity contribution >= 4 is 0 Å². The van der Waals surface area contributed by atoms with Crippen molar-refractivity contribution < 1.29 is 4.42 Å². The number of rotatable bonds is 8. The van der Waals surface area contributed by atoms with Crippen molar-refractivity contribution in [1.82, 2.24) is 15.2 Å². The van der Waals surface area contributed by atoms with E-state index in [2.05, 4.69) is 47.4 Å². The Morgan fingerprint density at radius 3 is 2.76 bits per heavy atom. The van der Waals surface area contributed by atoms with Crippen LogP contribution in [0.3, 0.4) is 0 Å². The zero-order chi connectivity index (χ0) is 15.1. The van der Waals surface area contributed by atoms with Crippen molar-refractivity contribution in [2.75, 3.05) is 20.1 Å². The molecule has 1 N–H and O–H groups in total. The molecule has 114 valence electrons. The molecule has 4 nitrogen and oxygen atoms in total. The second kappa shape index (κ2) is 7.96. The van der Waals surface area contributed by atoms with Crippen LogP contribution in [0.15, 0.2) is 35.0 Å². The minimum absolute atomic E-state index is 0.845. The fourth-order valence-electron chi connectivity index (χ4n) is 2.32. The second-order valence-electron chi connectivity index (χ2n) is 5.42. The highest BCUT2D eigenvalue weighted by atomic mass is 16.3. The topological polar surface area (TPSA) is 41.3 Å². The molecule has 0 unspecified atom stereocenters. The van der Waals surface area contributed by atoms with Gasteiger partial charge in [0.15, 0.2) is 0 Å². The molecular formula is C17H25N3O. The Morgan fingerprint density at radius 1 is 1.29 bits per heavy atom. The molecule has 0 aliphatic carbocycles. The second-order valence-corrected chi connectivity index (χ2v) is 5.42. The molecule has 0 amide bonds. The van der Waals surface area contributed by atoms with Crippen molar-refractivity contribution in [1.29, 1.82) is 0 Å². The molecule has 2 rings (SSSR count). The van der Waals surface area contributed by atoms with E-state index in [4.69, 9.17) is 4.42 Å². The first-order valence-corrected chi connectivity index (χ1v) is 7.55. The summed E-state index contributed by atoms with van der Waals surface area (Å²) < 4.78 is 5.84. The fourth-order valence-corrected chi connectivity index (χ4v) is 2.32. The largest absolute Gasteiger partial charge is 0.465 e. The Morgan fingerprint density at radius 2 is 2.05 bits per heavy atom. The number of pyridine rings is 1. The Balaban J connectivity index is 1.83. The summed E-state index contributed by atoms with van der Waals surface area (Å²) in [4.78, 5) is 6.33. The van der Waals surface area contributed by atoms with Crippen LogP contribution in [-0.2, 0) is 19.5 Å². The van der Waals surface area contributed by atoms with Crippen molar-refractivity contribution in [2.24, 2.45) is 0 Å². The molecule has 0 radical (unpaired) electrons. The van der Waals surface area contributed by atoms with Crippen molar-refractivity contribution in [2.45, 2.75) is 33.4 Å². The highest BCUT2D eigenvalue weighted by Gasteiger charge is 2.09. The number of aryl methyl sites for hydroxylation is 1. The molecule has 0 saturated heterocycles. The summed E-state index contributed by atoms with van der Waals surface area (Å²) in [6.45, 7) is 7.86. The van der Waals surface area contributed by atoms with E-state index in [1.165, 1.54) is 11.1 Å². The molecule has 21 heavy (non-hydrogen) atoms. The van der Waals surface area contributed by atoms with Gasteiger partial charge >= 0.3 is 0 Å². The molecule has 0 aromatic carbocycles. The number of nitrogens with one attached hydrogen (secondary N) is 1. The third-order valence-electron chi connectivity index (χ3n) is 3.59. The smallest absolute Gasteiger partial charge is 0.118 e. The van der Waals surface area contributed by atoms with Crippen molar-refractivity contribution in [3.8, 4) is 0 Å². The molecular weight excluding hydrogens is 262 g/mol. The Hall–Kier alpha value is -1.65. The maximum absolute atomic E-state index is 5.84. The van der Waals surface area contributed by atoms with Gasteiger partial charge in [0.1, 0.15) is 11.5 Å². The summed E-state index contributed by atoms with van der Waals surface area (Å²) in [6, 6.07) is 6.31. The number of hydrogen-bond acceptors (Lipinski definition) is 4. The Labute approximate surface area is 127 Å². The summed E-state index contributed by atoms with van der Waals surface area (Å²) in [5.74, 6) is 2.06. The van der Waals surface area contributed by atoms with Gasteiger partial charge < -0.3 is 9.73 Å². The van der Waals surface area contributed by atoms with Gasteiger partial charge in [0.25, 0.3) is 0 Å². The number of furan rings is 1. The average Bonchev–Trinajstić information content (AvgIpc) is 2.84. The van der Waals surface area contributed by atoms with Crippen LogP contribution in [0.2, 0.25) is 0 Å². The van der Waals surface area contributed by atoms with Gasteiger partial charge in [0.2, 0.25) is 0 Å². The zero-order valence-electron chi connectivity index (χ0n) is 13.2. The molecule has 0 spiro atoms. The van der Waals surface area contributed by atoms with Gasteiger partial charge in [-0.15, -0.1) is 0 Å². The Kier molecular flexibility index (Phi) is 5.96. The van der Waals surface area contributed by atoms with Gasteiger partial charge in [-0.05, 0) is 50.7 Å². The third kappa shape index (κ3) is 4.99. The summed E-state index contributed by atoms with van der Waals surface area (Å²) in [5, 5.41) is 3.34.